The van der Waals surface area contributed by atoms with Gasteiger partial charge in [0.2, 0.25) is 0 Å². The van der Waals surface area contributed by atoms with Gasteiger partial charge < -0.3 is 15.2 Å². The number of methoxy groups -OCH3 is 1. The average molecular weight is 413 g/mol. The van der Waals surface area contributed by atoms with Crippen LogP contribution in [-0.2, 0) is 9.53 Å². The number of esters is 1. The molecule has 0 aliphatic heterocycles. The number of pyridine rings is 2. The summed E-state index contributed by atoms with van der Waals surface area (Å²) in [5.74, 6) is -1.55. The zero-order valence-corrected chi connectivity index (χ0v) is 16.6. The first-order valence-corrected chi connectivity index (χ1v) is 9.56. The molecule has 2 N–H and O–H groups in total. The number of hydrogen-bond acceptors (Lipinski definition) is 6. The minimum absolute atomic E-state index is 0.0299. The fraction of sp³-hybridized carbons (Fsp3) is 0.0833. The lowest BCUT2D eigenvalue weighted by Crippen LogP contribution is -2.34. The van der Waals surface area contributed by atoms with Crippen molar-refractivity contribution in [2.24, 2.45) is 0 Å². The molecule has 7 heteroatoms. The Morgan fingerprint density at radius 3 is 2.45 bits per heavy atom. The van der Waals surface area contributed by atoms with Gasteiger partial charge in [0.15, 0.2) is 11.8 Å². The maximum Gasteiger partial charge on any atom is 0.333 e. The maximum absolute atomic E-state index is 13.3. The van der Waals surface area contributed by atoms with Gasteiger partial charge in [-0.25, -0.2) is 9.78 Å². The van der Waals surface area contributed by atoms with Gasteiger partial charge in [-0.2, -0.15) is 0 Å². The second-order valence-corrected chi connectivity index (χ2v) is 6.78. The number of ether oxygens (including phenoxy) is 1. The number of para-hydroxylation sites is 1. The van der Waals surface area contributed by atoms with Gasteiger partial charge in [0.1, 0.15) is 5.69 Å². The number of fused-ring (bicyclic) bond motifs is 1. The quantitative estimate of drug-likeness (QED) is 0.485. The molecule has 1 unspecified atom stereocenters. The van der Waals surface area contributed by atoms with Crippen molar-refractivity contribution in [2.45, 2.75) is 6.04 Å². The highest BCUT2D eigenvalue weighted by atomic mass is 16.5. The molecular formula is C24H19N3O4. The molecule has 0 saturated carbocycles. The van der Waals surface area contributed by atoms with Crippen LogP contribution in [-0.4, -0.2) is 34.1 Å². The van der Waals surface area contributed by atoms with E-state index in [1.165, 1.54) is 13.3 Å². The Balaban J connectivity index is 1.83. The molecule has 0 spiro atoms. The van der Waals surface area contributed by atoms with E-state index in [4.69, 9.17) is 4.74 Å². The third kappa shape index (κ3) is 3.93. The van der Waals surface area contributed by atoms with Crippen LogP contribution in [0, 0.1) is 0 Å². The second kappa shape index (κ2) is 8.62. The Labute approximate surface area is 178 Å². The predicted octanol–water partition coefficient (Wildman–Crippen LogP) is 3.65. The second-order valence-electron chi connectivity index (χ2n) is 6.78. The molecule has 0 aliphatic carbocycles. The van der Waals surface area contributed by atoms with Gasteiger partial charge in [-0.3, -0.25) is 9.78 Å². The number of nitrogens with one attached hydrogen (secondary N) is 1. The van der Waals surface area contributed by atoms with E-state index in [0.717, 1.165) is 0 Å². The number of hydrogen-bond donors (Lipinski definition) is 2. The van der Waals surface area contributed by atoms with Crippen LogP contribution in [0.3, 0.4) is 0 Å². The lowest BCUT2D eigenvalue weighted by atomic mass is 10.0. The SMILES string of the molecule is COC(=O)C(NC(=O)c1c(O)c(-c2ccccc2)nc2ccccc12)c1cccnc1. The average Bonchev–Trinajstić information content (AvgIpc) is 2.82. The summed E-state index contributed by atoms with van der Waals surface area (Å²) in [6.07, 6.45) is 3.04. The minimum Gasteiger partial charge on any atom is -0.505 e. The molecule has 0 aliphatic rings. The number of nitrogens with zero attached hydrogens (tertiary/aromatic N) is 2. The third-order valence-corrected chi connectivity index (χ3v) is 4.87. The highest BCUT2D eigenvalue weighted by Gasteiger charge is 2.28. The van der Waals surface area contributed by atoms with Gasteiger partial charge in [-0.05, 0) is 12.1 Å². The molecule has 1 atom stereocenters. The van der Waals surface area contributed by atoms with Gasteiger partial charge in [-0.1, -0.05) is 54.6 Å². The number of carbonyl (C=O) groups is 2. The van der Waals surface area contributed by atoms with Crippen LogP contribution >= 0.6 is 0 Å². The van der Waals surface area contributed by atoms with Crippen molar-refractivity contribution >= 4 is 22.8 Å². The van der Waals surface area contributed by atoms with E-state index in [1.54, 1.807) is 54.7 Å². The maximum atomic E-state index is 13.3. The summed E-state index contributed by atoms with van der Waals surface area (Å²) >= 11 is 0. The van der Waals surface area contributed by atoms with Crippen molar-refractivity contribution in [1.29, 1.82) is 0 Å². The molecule has 2 aromatic heterocycles. The van der Waals surface area contributed by atoms with Crippen molar-refractivity contribution in [3.63, 3.8) is 0 Å². The Bertz CT molecular complexity index is 1240. The highest BCUT2D eigenvalue weighted by molar-refractivity contribution is 6.11. The molecule has 31 heavy (non-hydrogen) atoms. The van der Waals surface area contributed by atoms with E-state index in [0.29, 0.717) is 22.0 Å². The summed E-state index contributed by atoms with van der Waals surface area (Å²) in [7, 11) is 1.24. The van der Waals surface area contributed by atoms with Crippen LogP contribution in [0.2, 0.25) is 0 Å². The summed E-state index contributed by atoms with van der Waals surface area (Å²) < 4.78 is 4.86. The molecule has 1 amide bonds. The standard InChI is InChI=1S/C24H19N3O4/c1-31-24(30)21(16-10-7-13-25-14-16)27-23(29)19-17-11-5-6-12-18(17)26-20(22(19)28)15-8-3-2-4-9-15/h2-14,21,28H,1H3,(H,27,29). The van der Waals surface area contributed by atoms with Crippen molar-refractivity contribution < 1.29 is 19.4 Å². The van der Waals surface area contributed by atoms with Crippen LogP contribution in [0.5, 0.6) is 5.75 Å². The summed E-state index contributed by atoms with van der Waals surface area (Å²) in [4.78, 5) is 34.3. The first kappa shape index (κ1) is 20.0. The molecular weight excluding hydrogens is 394 g/mol. The van der Waals surface area contributed by atoms with E-state index in [-0.39, 0.29) is 17.0 Å². The van der Waals surface area contributed by atoms with Crippen LogP contribution < -0.4 is 5.32 Å². The van der Waals surface area contributed by atoms with Gasteiger partial charge in [0.05, 0.1) is 18.2 Å². The van der Waals surface area contributed by atoms with E-state index >= 15 is 0 Å². The molecule has 0 radical (unpaired) electrons. The number of aromatic nitrogens is 2. The van der Waals surface area contributed by atoms with Crippen molar-refractivity contribution in [2.75, 3.05) is 7.11 Å². The molecule has 7 nitrogen and oxygen atoms in total. The highest BCUT2D eigenvalue weighted by Crippen LogP contribution is 2.35. The Kier molecular flexibility index (Phi) is 5.57. The Morgan fingerprint density at radius 1 is 1.00 bits per heavy atom. The summed E-state index contributed by atoms with van der Waals surface area (Å²) in [6.45, 7) is 0. The van der Waals surface area contributed by atoms with Crippen molar-refractivity contribution in [3.8, 4) is 17.0 Å². The van der Waals surface area contributed by atoms with Gasteiger partial charge >= 0.3 is 5.97 Å². The monoisotopic (exact) mass is 413 g/mol. The molecule has 0 saturated heterocycles. The smallest absolute Gasteiger partial charge is 0.333 e. The van der Waals surface area contributed by atoms with Crippen LogP contribution in [0.15, 0.2) is 79.1 Å². The Morgan fingerprint density at radius 2 is 1.74 bits per heavy atom. The van der Waals surface area contributed by atoms with E-state index < -0.39 is 17.9 Å². The largest absolute Gasteiger partial charge is 0.505 e. The van der Waals surface area contributed by atoms with Gasteiger partial charge in [0, 0.05) is 28.9 Å². The number of amides is 1. The third-order valence-electron chi connectivity index (χ3n) is 4.87. The Hall–Kier alpha value is -4.26. The summed E-state index contributed by atoms with van der Waals surface area (Å²) in [5.41, 5.74) is 1.98. The molecule has 2 heterocycles. The molecule has 4 rings (SSSR count). The number of rotatable bonds is 5. The first-order chi connectivity index (χ1) is 15.1. The van der Waals surface area contributed by atoms with Crippen molar-refractivity contribution in [3.05, 3.63) is 90.3 Å². The van der Waals surface area contributed by atoms with Crippen molar-refractivity contribution in [1.82, 2.24) is 15.3 Å². The summed E-state index contributed by atoms with van der Waals surface area (Å²) in [6, 6.07) is 18.3. The predicted molar refractivity (Wildman–Crippen MR) is 115 cm³/mol. The fourth-order valence-corrected chi connectivity index (χ4v) is 3.38. The molecule has 154 valence electrons. The fourth-order valence-electron chi connectivity index (χ4n) is 3.38. The number of benzene rings is 2. The molecule has 2 aromatic carbocycles. The topological polar surface area (TPSA) is 101 Å². The number of aromatic hydroxyl groups is 1. The zero-order chi connectivity index (χ0) is 21.8. The van der Waals surface area contributed by atoms with E-state index in [2.05, 4.69) is 15.3 Å². The van der Waals surface area contributed by atoms with Crippen LogP contribution in [0.25, 0.3) is 22.2 Å². The minimum atomic E-state index is -1.09. The molecule has 0 bridgehead atoms. The normalized spacial score (nSPS) is 11.6. The summed E-state index contributed by atoms with van der Waals surface area (Å²) in [5, 5.41) is 14.2. The van der Waals surface area contributed by atoms with Gasteiger partial charge in [0.25, 0.3) is 5.91 Å². The number of carbonyl (C=O) groups excluding carboxylic acids is 2. The lowest BCUT2D eigenvalue weighted by Gasteiger charge is -2.18. The lowest BCUT2D eigenvalue weighted by molar-refractivity contribution is -0.143. The van der Waals surface area contributed by atoms with E-state index in [1.807, 2.05) is 18.2 Å². The zero-order valence-electron chi connectivity index (χ0n) is 16.6. The van der Waals surface area contributed by atoms with E-state index in [9.17, 15) is 14.7 Å². The molecule has 4 aromatic rings. The molecule has 0 fully saturated rings. The van der Waals surface area contributed by atoms with Crippen LogP contribution in [0.1, 0.15) is 22.0 Å². The van der Waals surface area contributed by atoms with Crippen LogP contribution in [0.4, 0.5) is 0 Å². The first-order valence-electron chi connectivity index (χ1n) is 9.56. The van der Waals surface area contributed by atoms with Gasteiger partial charge in [-0.15, -0.1) is 0 Å².